The molecule has 0 unspecified atom stereocenters. The van der Waals surface area contributed by atoms with Crippen LogP contribution in [-0.4, -0.2) is 13.4 Å². The molecule has 1 aliphatic heterocycles. The third-order valence-electron chi connectivity index (χ3n) is 4.28. The summed E-state index contributed by atoms with van der Waals surface area (Å²) in [5.41, 5.74) is 3.14. The summed E-state index contributed by atoms with van der Waals surface area (Å²) >= 11 is 0. The molecular weight excluding hydrogens is 332 g/mol. The molecule has 0 saturated heterocycles. The second-order valence-corrected chi connectivity index (χ2v) is 6.36. The molecule has 3 aromatic rings. The number of rotatable bonds is 4. The van der Waals surface area contributed by atoms with E-state index in [4.69, 9.17) is 18.6 Å². The summed E-state index contributed by atoms with van der Waals surface area (Å²) in [6.45, 7) is 8.28. The first kappa shape index (κ1) is 16.3. The Morgan fingerprint density at radius 3 is 2.77 bits per heavy atom. The maximum Gasteiger partial charge on any atom is 0.344 e. The first-order chi connectivity index (χ1) is 12.5. The molecular formula is C21H18O5. The monoisotopic (exact) mass is 350 g/mol. The molecule has 0 bridgehead atoms. The molecule has 0 amide bonds. The lowest BCUT2D eigenvalue weighted by Gasteiger charge is -2.11. The highest BCUT2D eigenvalue weighted by atomic mass is 16.7. The summed E-state index contributed by atoms with van der Waals surface area (Å²) < 4.78 is 22.0. The van der Waals surface area contributed by atoms with E-state index < -0.39 is 0 Å². The molecule has 132 valence electrons. The SMILES string of the molecule is C=C(C)COc1ccc2oc(=O)c(-c3ccc4c(c3)OCO4)c(C)c2c1. The molecule has 5 nitrogen and oxygen atoms in total. The molecule has 5 heteroatoms. The third-order valence-corrected chi connectivity index (χ3v) is 4.28. The molecule has 1 aromatic heterocycles. The van der Waals surface area contributed by atoms with Crippen LogP contribution in [0.5, 0.6) is 17.2 Å². The topological polar surface area (TPSA) is 57.9 Å². The largest absolute Gasteiger partial charge is 0.489 e. The zero-order valence-electron chi connectivity index (χ0n) is 14.6. The Balaban J connectivity index is 1.84. The second-order valence-electron chi connectivity index (χ2n) is 6.36. The van der Waals surface area contributed by atoms with E-state index in [2.05, 4.69) is 6.58 Å². The molecule has 0 saturated carbocycles. The van der Waals surface area contributed by atoms with E-state index in [0.29, 0.717) is 35.0 Å². The first-order valence-corrected chi connectivity index (χ1v) is 8.27. The molecule has 4 rings (SSSR count). The van der Waals surface area contributed by atoms with Crippen LogP contribution in [0.1, 0.15) is 12.5 Å². The smallest absolute Gasteiger partial charge is 0.344 e. The minimum absolute atomic E-state index is 0.188. The molecule has 0 N–H and O–H groups in total. The predicted molar refractivity (Wildman–Crippen MR) is 99.1 cm³/mol. The molecule has 26 heavy (non-hydrogen) atoms. The number of hydrogen-bond acceptors (Lipinski definition) is 5. The summed E-state index contributed by atoms with van der Waals surface area (Å²) in [7, 11) is 0. The van der Waals surface area contributed by atoms with Crippen molar-refractivity contribution in [3.8, 4) is 28.4 Å². The van der Waals surface area contributed by atoms with Crippen LogP contribution in [0.3, 0.4) is 0 Å². The fourth-order valence-corrected chi connectivity index (χ4v) is 3.01. The van der Waals surface area contributed by atoms with Gasteiger partial charge in [0.05, 0.1) is 5.56 Å². The van der Waals surface area contributed by atoms with Crippen LogP contribution in [0.15, 0.2) is 57.8 Å². The average Bonchev–Trinajstić information content (AvgIpc) is 3.08. The van der Waals surface area contributed by atoms with Crippen LogP contribution in [0.25, 0.3) is 22.1 Å². The minimum atomic E-state index is -0.385. The summed E-state index contributed by atoms with van der Waals surface area (Å²) in [6, 6.07) is 10.9. The normalized spacial score (nSPS) is 12.4. The molecule has 2 aromatic carbocycles. The quantitative estimate of drug-likeness (QED) is 0.514. The van der Waals surface area contributed by atoms with Crippen molar-refractivity contribution in [2.75, 3.05) is 13.4 Å². The Hall–Kier alpha value is -3.21. The molecule has 2 heterocycles. The third kappa shape index (κ3) is 2.81. The highest BCUT2D eigenvalue weighted by molar-refractivity contribution is 5.88. The van der Waals surface area contributed by atoms with Crippen LogP contribution in [-0.2, 0) is 0 Å². The van der Waals surface area contributed by atoms with Crippen LogP contribution >= 0.6 is 0 Å². The summed E-state index contributed by atoms with van der Waals surface area (Å²) in [4.78, 5) is 12.6. The van der Waals surface area contributed by atoms with Gasteiger partial charge in [-0.3, -0.25) is 0 Å². The minimum Gasteiger partial charge on any atom is -0.489 e. The van der Waals surface area contributed by atoms with E-state index in [-0.39, 0.29) is 12.4 Å². The van der Waals surface area contributed by atoms with E-state index >= 15 is 0 Å². The van der Waals surface area contributed by atoms with Crippen molar-refractivity contribution >= 4 is 11.0 Å². The lowest BCUT2D eigenvalue weighted by atomic mass is 9.99. The van der Waals surface area contributed by atoms with Crippen molar-refractivity contribution in [1.82, 2.24) is 0 Å². The Kier molecular flexibility index (Phi) is 3.92. The van der Waals surface area contributed by atoms with Crippen molar-refractivity contribution in [2.45, 2.75) is 13.8 Å². The van der Waals surface area contributed by atoms with Crippen LogP contribution in [0, 0.1) is 6.92 Å². The van der Waals surface area contributed by atoms with Crippen molar-refractivity contribution in [2.24, 2.45) is 0 Å². The van der Waals surface area contributed by atoms with Gasteiger partial charge in [-0.2, -0.15) is 0 Å². The van der Waals surface area contributed by atoms with Gasteiger partial charge in [0.2, 0.25) is 6.79 Å². The Bertz CT molecular complexity index is 1080. The van der Waals surface area contributed by atoms with Gasteiger partial charge in [0, 0.05) is 5.39 Å². The number of fused-ring (bicyclic) bond motifs is 2. The molecule has 1 aliphatic rings. The van der Waals surface area contributed by atoms with Crippen molar-refractivity contribution in [3.63, 3.8) is 0 Å². The van der Waals surface area contributed by atoms with Gasteiger partial charge < -0.3 is 18.6 Å². The highest BCUT2D eigenvalue weighted by Gasteiger charge is 2.18. The van der Waals surface area contributed by atoms with Gasteiger partial charge in [-0.1, -0.05) is 12.6 Å². The number of ether oxygens (including phenoxy) is 3. The molecule has 0 fully saturated rings. The number of hydrogen-bond donors (Lipinski definition) is 0. The summed E-state index contributed by atoms with van der Waals surface area (Å²) in [5, 5.41) is 0.830. The summed E-state index contributed by atoms with van der Waals surface area (Å²) in [6.07, 6.45) is 0. The lowest BCUT2D eigenvalue weighted by molar-refractivity contribution is 0.174. The van der Waals surface area contributed by atoms with Gasteiger partial charge in [0.15, 0.2) is 11.5 Å². The molecule has 0 radical (unpaired) electrons. The molecule has 0 aliphatic carbocycles. The second kappa shape index (κ2) is 6.26. The maximum absolute atomic E-state index is 12.6. The van der Waals surface area contributed by atoms with Crippen LogP contribution in [0.4, 0.5) is 0 Å². The Labute approximate surface area is 150 Å². The Morgan fingerprint density at radius 2 is 1.96 bits per heavy atom. The molecule has 0 spiro atoms. The van der Waals surface area contributed by atoms with Gasteiger partial charge in [-0.05, 0) is 60.9 Å². The average molecular weight is 350 g/mol. The van der Waals surface area contributed by atoms with Crippen molar-refractivity contribution in [3.05, 3.63) is 64.5 Å². The number of aryl methyl sites for hydroxylation is 1. The van der Waals surface area contributed by atoms with Gasteiger partial charge >= 0.3 is 5.63 Å². The van der Waals surface area contributed by atoms with Gasteiger partial charge in [-0.15, -0.1) is 0 Å². The van der Waals surface area contributed by atoms with Gasteiger partial charge in [0.1, 0.15) is 17.9 Å². The standard InChI is InChI=1S/C21H18O5/c1-12(2)10-23-15-5-7-17-16(9-15)13(3)20(21(22)26-17)14-4-6-18-19(8-14)25-11-24-18/h4-9H,1,10-11H2,2-3H3. The van der Waals surface area contributed by atoms with Crippen LogP contribution in [0.2, 0.25) is 0 Å². The zero-order chi connectivity index (χ0) is 18.3. The molecule has 0 atom stereocenters. The zero-order valence-corrected chi connectivity index (χ0v) is 14.6. The number of benzene rings is 2. The van der Waals surface area contributed by atoms with E-state index in [9.17, 15) is 4.79 Å². The highest BCUT2D eigenvalue weighted by Crippen LogP contribution is 2.37. The lowest BCUT2D eigenvalue weighted by Crippen LogP contribution is -2.06. The van der Waals surface area contributed by atoms with E-state index in [0.717, 1.165) is 22.1 Å². The summed E-state index contributed by atoms with van der Waals surface area (Å²) in [5.74, 6) is 2.00. The fourth-order valence-electron chi connectivity index (χ4n) is 3.01. The van der Waals surface area contributed by atoms with E-state index in [1.54, 1.807) is 24.3 Å². The van der Waals surface area contributed by atoms with Gasteiger partial charge in [-0.25, -0.2) is 4.79 Å². The van der Waals surface area contributed by atoms with Crippen LogP contribution < -0.4 is 19.8 Å². The fraction of sp³-hybridized carbons (Fsp3) is 0.190. The van der Waals surface area contributed by atoms with Gasteiger partial charge in [0.25, 0.3) is 0 Å². The predicted octanol–water partition coefficient (Wildman–Crippen LogP) is 4.45. The van der Waals surface area contributed by atoms with Crippen molar-refractivity contribution in [1.29, 1.82) is 0 Å². The van der Waals surface area contributed by atoms with E-state index in [1.807, 2.05) is 26.0 Å². The Morgan fingerprint density at radius 1 is 1.15 bits per heavy atom. The van der Waals surface area contributed by atoms with E-state index in [1.165, 1.54) is 0 Å². The maximum atomic E-state index is 12.6. The van der Waals surface area contributed by atoms with Crippen molar-refractivity contribution < 1.29 is 18.6 Å². The first-order valence-electron chi connectivity index (χ1n) is 8.27.